The molecule has 1 unspecified atom stereocenters. The van der Waals surface area contributed by atoms with E-state index in [2.05, 4.69) is 31.2 Å². The van der Waals surface area contributed by atoms with E-state index in [1.54, 1.807) is 30.5 Å². The topological polar surface area (TPSA) is 40.7 Å². The monoisotopic (exact) mass is 415 g/mol. The van der Waals surface area contributed by atoms with Crippen molar-refractivity contribution in [3.8, 4) is 22.4 Å². The van der Waals surface area contributed by atoms with Gasteiger partial charge in [0.15, 0.2) is 0 Å². The largest absolute Gasteiger partial charge is 0.341 e. The summed E-state index contributed by atoms with van der Waals surface area (Å²) in [7, 11) is 0. The predicted molar refractivity (Wildman–Crippen MR) is 100 cm³/mol. The van der Waals surface area contributed by atoms with Gasteiger partial charge in [0, 0.05) is 21.2 Å². The molecule has 0 bridgehead atoms. The highest BCUT2D eigenvalue weighted by Gasteiger charge is 2.44. The third-order valence-corrected chi connectivity index (χ3v) is 5.76. The van der Waals surface area contributed by atoms with E-state index >= 15 is 0 Å². The molecule has 2 aliphatic rings. The first-order valence-electron chi connectivity index (χ1n) is 8.65. The number of aromatic amines is 1. The number of nitrogens with one attached hydrogen (secondary N) is 2. The van der Waals surface area contributed by atoms with E-state index in [-0.39, 0.29) is 17.2 Å². The molecule has 0 amide bonds. The highest BCUT2D eigenvalue weighted by atomic mass is 79.9. The average molecular weight is 416 g/mol. The fourth-order valence-corrected chi connectivity index (χ4v) is 4.30. The minimum absolute atomic E-state index is 0.0539. The maximum absolute atomic E-state index is 15.0. The highest BCUT2D eigenvalue weighted by Crippen LogP contribution is 2.52. The molecule has 3 aromatic rings. The Labute approximate surface area is 158 Å². The molecule has 0 saturated carbocycles. The number of hydrogen-bond acceptors (Lipinski definition) is 2. The molecule has 132 valence electrons. The van der Waals surface area contributed by atoms with Crippen molar-refractivity contribution >= 4 is 15.9 Å². The number of H-pyrrole nitrogens is 1. The van der Waals surface area contributed by atoms with Crippen molar-refractivity contribution in [2.24, 2.45) is 0 Å². The summed E-state index contributed by atoms with van der Waals surface area (Å²) in [5.74, 6) is -2.13. The zero-order valence-electron chi connectivity index (χ0n) is 13.8. The summed E-state index contributed by atoms with van der Waals surface area (Å²) in [6.07, 6.45) is 3.90. The second-order valence-electron chi connectivity index (χ2n) is 6.86. The molecule has 3 nitrogen and oxygen atoms in total. The van der Waals surface area contributed by atoms with Gasteiger partial charge in [-0.2, -0.15) is 8.78 Å². The number of halogens is 3. The van der Waals surface area contributed by atoms with Gasteiger partial charge >= 0.3 is 0 Å². The van der Waals surface area contributed by atoms with Crippen LogP contribution >= 0.6 is 15.9 Å². The molecule has 26 heavy (non-hydrogen) atoms. The van der Waals surface area contributed by atoms with Gasteiger partial charge in [-0.05, 0) is 48.7 Å². The molecule has 1 saturated heterocycles. The van der Waals surface area contributed by atoms with E-state index in [4.69, 9.17) is 0 Å². The Hall–Kier alpha value is -2.05. The van der Waals surface area contributed by atoms with Crippen LogP contribution in [0.15, 0.2) is 47.1 Å². The summed E-state index contributed by atoms with van der Waals surface area (Å²) >= 11 is 3.29. The molecule has 1 fully saturated rings. The van der Waals surface area contributed by atoms with E-state index in [1.807, 2.05) is 6.07 Å². The lowest BCUT2D eigenvalue weighted by atomic mass is 10.0. The van der Waals surface area contributed by atoms with Crippen LogP contribution in [0.2, 0.25) is 0 Å². The van der Waals surface area contributed by atoms with Crippen molar-refractivity contribution < 1.29 is 8.78 Å². The van der Waals surface area contributed by atoms with Gasteiger partial charge in [-0.1, -0.05) is 34.1 Å². The zero-order chi connectivity index (χ0) is 17.9. The molecule has 2 N–H and O–H groups in total. The van der Waals surface area contributed by atoms with E-state index in [9.17, 15) is 8.78 Å². The van der Waals surface area contributed by atoms with Gasteiger partial charge in [-0.15, -0.1) is 0 Å². The molecule has 2 heterocycles. The Morgan fingerprint density at radius 3 is 2.62 bits per heavy atom. The number of fused-ring (bicyclic) bond motifs is 3. The first-order valence-corrected chi connectivity index (χ1v) is 9.45. The minimum Gasteiger partial charge on any atom is -0.341 e. The van der Waals surface area contributed by atoms with Gasteiger partial charge in [-0.25, -0.2) is 4.98 Å². The maximum atomic E-state index is 15.0. The smallest absolute Gasteiger partial charge is 0.299 e. The number of alkyl halides is 2. The lowest BCUT2D eigenvalue weighted by Gasteiger charge is -2.13. The fourth-order valence-electron chi connectivity index (χ4n) is 3.94. The van der Waals surface area contributed by atoms with E-state index in [1.165, 1.54) is 6.07 Å². The van der Waals surface area contributed by atoms with Gasteiger partial charge in [0.05, 0.1) is 17.9 Å². The van der Waals surface area contributed by atoms with E-state index in [0.29, 0.717) is 15.6 Å². The van der Waals surface area contributed by atoms with Crippen molar-refractivity contribution in [1.29, 1.82) is 0 Å². The van der Waals surface area contributed by atoms with Crippen LogP contribution < -0.4 is 5.32 Å². The van der Waals surface area contributed by atoms with E-state index < -0.39 is 5.92 Å². The van der Waals surface area contributed by atoms with Crippen LogP contribution in [0.4, 0.5) is 8.78 Å². The predicted octanol–water partition coefficient (Wildman–Crippen LogP) is 5.38. The Balaban J connectivity index is 1.57. The quantitative estimate of drug-likeness (QED) is 0.589. The van der Waals surface area contributed by atoms with E-state index in [0.717, 1.165) is 36.5 Å². The number of imidazole rings is 1. The van der Waals surface area contributed by atoms with Gasteiger partial charge in [-0.3, -0.25) is 0 Å². The second-order valence-corrected chi connectivity index (χ2v) is 7.77. The molecular weight excluding hydrogens is 400 g/mol. The summed E-state index contributed by atoms with van der Waals surface area (Å²) in [5.41, 5.74) is 2.80. The molecule has 1 aliphatic carbocycles. The Morgan fingerprint density at radius 1 is 1.08 bits per heavy atom. The van der Waals surface area contributed by atoms with Crippen molar-refractivity contribution in [3.05, 3.63) is 64.0 Å². The van der Waals surface area contributed by atoms with Crippen molar-refractivity contribution in [2.45, 2.75) is 24.8 Å². The first kappa shape index (κ1) is 16.1. The van der Waals surface area contributed by atoms with Crippen LogP contribution in [0.5, 0.6) is 0 Å². The number of benzene rings is 2. The molecule has 5 rings (SSSR count). The molecule has 1 aliphatic heterocycles. The zero-order valence-corrected chi connectivity index (χ0v) is 15.4. The van der Waals surface area contributed by atoms with Crippen LogP contribution in [-0.4, -0.2) is 16.5 Å². The van der Waals surface area contributed by atoms with Gasteiger partial charge in [0.2, 0.25) is 0 Å². The summed E-state index contributed by atoms with van der Waals surface area (Å²) in [4.78, 5) is 7.74. The van der Waals surface area contributed by atoms with Gasteiger partial charge in [0.25, 0.3) is 5.92 Å². The third kappa shape index (κ3) is 2.36. The minimum atomic E-state index is -3.00. The molecule has 1 atom stereocenters. The third-order valence-electron chi connectivity index (χ3n) is 5.26. The van der Waals surface area contributed by atoms with Crippen molar-refractivity contribution in [2.75, 3.05) is 6.54 Å². The van der Waals surface area contributed by atoms with Crippen LogP contribution in [0.3, 0.4) is 0 Å². The van der Waals surface area contributed by atoms with Crippen molar-refractivity contribution in [3.63, 3.8) is 0 Å². The highest BCUT2D eigenvalue weighted by molar-refractivity contribution is 9.10. The first-order chi connectivity index (χ1) is 12.5. The van der Waals surface area contributed by atoms with Crippen LogP contribution in [-0.2, 0) is 5.92 Å². The van der Waals surface area contributed by atoms with Gasteiger partial charge < -0.3 is 10.3 Å². The molecule has 6 heteroatoms. The summed E-state index contributed by atoms with van der Waals surface area (Å²) < 4.78 is 30.7. The average Bonchev–Trinajstić information content (AvgIpc) is 3.35. The SMILES string of the molecule is FC1(F)c2cc(Br)ccc2-c2ccc(-c3cnc(C4CCCN4)[nH]3)cc21. The Bertz CT molecular complexity index is 1010. The Kier molecular flexibility index (Phi) is 3.56. The molecule has 1 aromatic heterocycles. The second kappa shape index (κ2) is 5.72. The molecule has 2 aromatic carbocycles. The summed E-state index contributed by atoms with van der Waals surface area (Å²) in [6.45, 7) is 0.986. The fraction of sp³-hybridized carbons (Fsp3) is 0.250. The molecule has 0 spiro atoms. The lowest BCUT2D eigenvalue weighted by molar-refractivity contribution is 0.0480. The number of nitrogens with zero attached hydrogens (tertiary/aromatic N) is 1. The lowest BCUT2D eigenvalue weighted by Crippen LogP contribution is -2.14. The normalized spacial score (nSPS) is 20.2. The summed E-state index contributed by atoms with van der Waals surface area (Å²) in [6, 6.07) is 10.5. The number of aromatic nitrogens is 2. The standard InChI is InChI=1S/C20H16BrF2N3/c21-12-4-6-14-13-5-3-11(8-15(13)20(22,23)16(14)9-12)18-10-25-19(26-18)17-2-1-7-24-17/h3-6,8-10,17,24H,1-2,7H2,(H,25,26). The van der Waals surface area contributed by atoms with Crippen LogP contribution in [0, 0.1) is 0 Å². The number of hydrogen-bond donors (Lipinski definition) is 2. The van der Waals surface area contributed by atoms with Crippen LogP contribution in [0.1, 0.15) is 35.8 Å². The number of rotatable bonds is 2. The van der Waals surface area contributed by atoms with Crippen LogP contribution in [0.25, 0.3) is 22.4 Å². The Morgan fingerprint density at radius 2 is 1.85 bits per heavy atom. The molecular formula is C20H16BrF2N3. The van der Waals surface area contributed by atoms with Gasteiger partial charge in [0.1, 0.15) is 5.82 Å². The van der Waals surface area contributed by atoms with Crippen molar-refractivity contribution in [1.82, 2.24) is 15.3 Å². The summed E-state index contributed by atoms with van der Waals surface area (Å²) in [5, 5.41) is 3.39. The molecule has 0 radical (unpaired) electrons. The maximum Gasteiger partial charge on any atom is 0.299 e.